The quantitative estimate of drug-likeness (QED) is 0.408. The molecule has 0 aliphatic heterocycles. The minimum Gasteiger partial charge on any atom is -0.394 e. The predicted octanol–water partition coefficient (Wildman–Crippen LogP) is 0.166. The van der Waals surface area contributed by atoms with Crippen molar-refractivity contribution in [2.24, 2.45) is 5.73 Å². The fourth-order valence-electron chi connectivity index (χ4n) is 0.333. The van der Waals surface area contributed by atoms with Crippen molar-refractivity contribution in [1.82, 2.24) is 0 Å². The molecule has 0 unspecified atom stereocenters. The highest BCUT2D eigenvalue weighted by Crippen LogP contribution is 1.95. The van der Waals surface area contributed by atoms with Gasteiger partial charge in [-0.2, -0.15) is 10.5 Å². The number of rotatable bonds is 1. The van der Waals surface area contributed by atoms with Gasteiger partial charge in [-0.15, -0.1) is 0 Å². The van der Waals surface area contributed by atoms with Crippen LogP contribution < -0.4 is 5.73 Å². The van der Waals surface area contributed by atoms with Crippen molar-refractivity contribution in [3.8, 4) is 12.1 Å². The van der Waals surface area contributed by atoms with Crippen molar-refractivity contribution in [2.45, 2.75) is 0 Å². The Labute approximate surface area is 58.6 Å². The van der Waals surface area contributed by atoms with Gasteiger partial charge in [-0.3, -0.25) is 0 Å². The second-order valence-electron chi connectivity index (χ2n) is 1.44. The third-order valence-electron chi connectivity index (χ3n) is 0.794. The molecule has 48 valence electrons. The minimum atomic E-state index is -0.170. The van der Waals surface area contributed by atoms with Crippen LogP contribution in [0.4, 0.5) is 0 Å². The Hall–Kier alpha value is -1.99. The fraction of sp³-hybridized carbons (Fsp3) is 0.167. The first-order valence-electron chi connectivity index (χ1n) is 2.38. The average Bonchev–Trinajstić information content (AvgIpc) is 1.91. The van der Waals surface area contributed by atoms with Crippen molar-refractivity contribution in [3.63, 3.8) is 0 Å². The number of nitrogens with two attached hydrogens (primary N) is 1. The van der Waals surface area contributed by atoms with Gasteiger partial charge in [0.2, 0.25) is 0 Å². The van der Waals surface area contributed by atoms with Gasteiger partial charge >= 0.3 is 0 Å². The number of hydrogen-bond donors (Lipinski definition) is 1. The first-order valence-corrected chi connectivity index (χ1v) is 2.38. The van der Waals surface area contributed by atoms with Gasteiger partial charge in [0.25, 0.3) is 6.54 Å². The lowest BCUT2D eigenvalue weighted by molar-refractivity contribution is 1.21. The van der Waals surface area contributed by atoms with Crippen molar-refractivity contribution < 1.29 is 0 Å². The molecule has 2 N–H and O–H groups in total. The molecule has 0 radical (unpaired) electrons. The molecule has 4 heteroatoms. The molecule has 0 saturated heterocycles. The number of allylic oxidation sites excluding steroid dienone is 1. The van der Waals surface area contributed by atoms with E-state index in [-0.39, 0.29) is 17.8 Å². The zero-order chi connectivity index (χ0) is 7.98. The predicted molar refractivity (Wildman–Crippen MR) is 33.9 cm³/mol. The van der Waals surface area contributed by atoms with Crippen LogP contribution in [0.1, 0.15) is 0 Å². The molecule has 0 atom stereocenters. The molecule has 0 fully saturated rings. The maximum atomic E-state index is 8.21. The summed E-state index contributed by atoms with van der Waals surface area (Å²) < 4.78 is 0. The maximum Gasteiger partial charge on any atom is 0.255 e. The van der Waals surface area contributed by atoms with Crippen molar-refractivity contribution in [2.75, 3.05) is 6.54 Å². The summed E-state index contributed by atoms with van der Waals surface area (Å²) in [5.41, 5.74) is 5.04. The van der Waals surface area contributed by atoms with Crippen LogP contribution in [0.5, 0.6) is 0 Å². The SMILES string of the molecule is [C-]#[N+]CC(N)=C(C#N)C#N. The lowest BCUT2D eigenvalue weighted by atomic mass is 10.2. The van der Waals surface area contributed by atoms with Gasteiger partial charge in [0.1, 0.15) is 17.8 Å². The van der Waals surface area contributed by atoms with Crippen molar-refractivity contribution >= 4 is 0 Å². The zero-order valence-corrected chi connectivity index (χ0v) is 5.13. The maximum absolute atomic E-state index is 8.21. The molecule has 0 aromatic carbocycles. The first-order chi connectivity index (χ1) is 4.76. The molecule has 0 aromatic rings. The monoisotopic (exact) mass is 132 g/mol. The summed E-state index contributed by atoms with van der Waals surface area (Å²) >= 11 is 0. The van der Waals surface area contributed by atoms with E-state index in [0.29, 0.717) is 0 Å². The fourth-order valence-corrected chi connectivity index (χ4v) is 0.333. The van der Waals surface area contributed by atoms with Crippen LogP contribution in [0.2, 0.25) is 0 Å². The summed E-state index contributed by atoms with van der Waals surface area (Å²) in [6, 6.07) is 3.17. The molecule has 0 aliphatic rings. The van der Waals surface area contributed by atoms with Gasteiger partial charge in [0.05, 0.1) is 0 Å². The Morgan fingerprint density at radius 3 is 2.30 bits per heavy atom. The van der Waals surface area contributed by atoms with Gasteiger partial charge < -0.3 is 10.6 Å². The lowest BCUT2D eigenvalue weighted by Gasteiger charge is -1.86. The van der Waals surface area contributed by atoms with E-state index in [9.17, 15) is 0 Å². The zero-order valence-electron chi connectivity index (χ0n) is 5.13. The average molecular weight is 132 g/mol. The van der Waals surface area contributed by atoms with E-state index < -0.39 is 0 Å². The van der Waals surface area contributed by atoms with Crippen molar-refractivity contribution in [3.05, 3.63) is 22.7 Å². The molecule has 0 spiro atoms. The van der Waals surface area contributed by atoms with Gasteiger partial charge in [-0.25, -0.2) is 6.57 Å². The van der Waals surface area contributed by atoms with E-state index in [2.05, 4.69) is 4.85 Å². The molecule has 0 amide bonds. The van der Waals surface area contributed by atoms with E-state index in [1.54, 1.807) is 12.1 Å². The number of nitriles is 2. The van der Waals surface area contributed by atoms with Crippen LogP contribution in [-0.4, -0.2) is 6.54 Å². The van der Waals surface area contributed by atoms with Gasteiger partial charge in [-0.1, -0.05) is 0 Å². The van der Waals surface area contributed by atoms with Crippen LogP contribution in [-0.2, 0) is 0 Å². The summed E-state index contributed by atoms with van der Waals surface area (Å²) in [7, 11) is 0. The first kappa shape index (κ1) is 8.01. The summed E-state index contributed by atoms with van der Waals surface area (Å²) in [5, 5.41) is 16.4. The summed E-state index contributed by atoms with van der Waals surface area (Å²) in [6.07, 6.45) is 0. The molecule has 0 aromatic heterocycles. The van der Waals surface area contributed by atoms with E-state index in [1.165, 1.54) is 0 Å². The van der Waals surface area contributed by atoms with E-state index >= 15 is 0 Å². The molecule has 10 heavy (non-hydrogen) atoms. The highest BCUT2D eigenvalue weighted by molar-refractivity contribution is 5.39. The van der Waals surface area contributed by atoms with Crippen molar-refractivity contribution in [1.29, 1.82) is 10.5 Å². The number of nitrogens with zero attached hydrogens (tertiary/aromatic N) is 3. The molecule has 0 bridgehead atoms. The number of hydrogen-bond acceptors (Lipinski definition) is 3. The Bertz CT molecular complexity index is 252. The van der Waals surface area contributed by atoms with Crippen LogP contribution in [0.3, 0.4) is 0 Å². The Balaban J connectivity index is 4.56. The third kappa shape index (κ3) is 1.86. The second-order valence-corrected chi connectivity index (χ2v) is 1.44. The van der Waals surface area contributed by atoms with Crippen LogP contribution in [0.15, 0.2) is 11.3 Å². The molecule has 0 heterocycles. The van der Waals surface area contributed by atoms with Crippen LogP contribution in [0.25, 0.3) is 4.85 Å². The Morgan fingerprint density at radius 1 is 1.50 bits per heavy atom. The van der Waals surface area contributed by atoms with Crippen LogP contribution in [0, 0.1) is 29.2 Å². The molecule has 4 nitrogen and oxygen atoms in total. The summed E-state index contributed by atoms with van der Waals surface area (Å²) in [5.74, 6) is 0. The lowest BCUT2D eigenvalue weighted by Crippen LogP contribution is -2.02. The molecular weight excluding hydrogens is 128 g/mol. The highest BCUT2D eigenvalue weighted by atomic mass is 14.7. The van der Waals surface area contributed by atoms with E-state index in [4.69, 9.17) is 22.8 Å². The molecular formula is C6H4N4. The molecule has 0 saturated carbocycles. The molecule has 0 rings (SSSR count). The van der Waals surface area contributed by atoms with Gasteiger partial charge in [0, 0.05) is 0 Å². The normalized spacial score (nSPS) is 6.50. The Kier molecular flexibility index (Phi) is 3.16. The summed E-state index contributed by atoms with van der Waals surface area (Å²) in [4.78, 5) is 2.92. The largest absolute Gasteiger partial charge is 0.394 e. The second kappa shape index (κ2) is 3.95. The minimum absolute atomic E-state index is 0.0417. The standard InChI is InChI=1S/C6H4N4/c1-10-4-6(9)5(2-7)3-8/h4,9H2. The van der Waals surface area contributed by atoms with Gasteiger partial charge in [-0.05, 0) is 0 Å². The smallest absolute Gasteiger partial charge is 0.255 e. The van der Waals surface area contributed by atoms with Gasteiger partial charge in [0.15, 0.2) is 5.57 Å². The highest BCUT2D eigenvalue weighted by Gasteiger charge is 2.01. The van der Waals surface area contributed by atoms with Crippen LogP contribution >= 0.6 is 0 Å². The van der Waals surface area contributed by atoms with E-state index in [1.807, 2.05) is 0 Å². The third-order valence-corrected chi connectivity index (χ3v) is 0.794. The van der Waals surface area contributed by atoms with E-state index in [0.717, 1.165) is 0 Å². The Morgan fingerprint density at radius 2 is 2.00 bits per heavy atom. The summed E-state index contributed by atoms with van der Waals surface area (Å²) in [6.45, 7) is 6.28. The topological polar surface area (TPSA) is 78.0 Å². The molecule has 0 aliphatic carbocycles.